The molecule has 1 N–H and O–H groups in total. The highest BCUT2D eigenvalue weighted by Gasteiger charge is 2.33. The van der Waals surface area contributed by atoms with Crippen LogP contribution in [0.4, 0.5) is 0 Å². The Morgan fingerprint density at radius 3 is 2.74 bits per heavy atom. The Balaban J connectivity index is 1.69. The molecule has 102 valence electrons. The molecule has 1 aliphatic rings. The van der Waals surface area contributed by atoms with Crippen molar-refractivity contribution < 1.29 is 14.7 Å². The molecule has 0 aliphatic carbocycles. The van der Waals surface area contributed by atoms with Gasteiger partial charge in [-0.2, -0.15) is 11.8 Å². The summed E-state index contributed by atoms with van der Waals surface area (Å²) in [6.07, 6.45) is 0.151. The van der Waals surface area contributed by atoms with Crippen molar-refractivity contribution in [1.82, 2.24) is 4.90 Å². The summed E-state index contributed by atoms with van der Waals surface area (Å²) in [6, 6.07) is 10.2. The Morgan fingerprint density at radius 1 is 1.37 bits per heavy atom. The molecule has 19 heavy (non-hydrogen) atoms. The number of amides is 1. The van der Waals surface area contributed by atoms with E-state index in [-0.39, 0.29) is 12.3 Å². The molecule has 1 saturated heterocycles. The summed E-state index contributed by atoms with van der Waals surface area (Å²) < 4.78 is 0. The Bertz CT molecular complexity index is 449. The lowest BCUT2D eigenvalue weighted by atomic mass is 10.1. The van der Waals surface area contributed by atoms with Crippen LogP contribution in [0.2, 0.25) is 0 Å². The number of aliphatic carboxylic acids is 1. The monoisotopic (exact) mass is 279 g/mol. The molecule has 1 aromatic rings. The molecule has 4 nitrogen and oxygen atoms in total. The normalized spacial score (nSPS) is 18.8. The van der Waals surface area contributed by atoms with Crippen LogP contribution >= 0.6 is 11.8 Å². The Kier molecular flexibility index (Phi) is 4.85. The van der Waals surface area contributed by atoms with Crippen LogP contribution in [0.3, 0.4) is 0 Å². The van der Waals surface area contributed by atoms with Crippen molar-refractivity contribution >= 4 is 23.6 Å². The lowest BCUT2D eigenvalue weighted by molar-refractivity contribution is -0.141. The molecule has 1 amide bonds. The Labute approximate surface area is 116 Å². The van der Waals surface area contributed by atoms with Crippen LogP contribution in [0, 0.1) is 5.92 Å². The number of carboxylic acids is 1. The third kappa shape index (κ3) is 3.99. The second-order valence-corrected chi connectivity index (χ2v) is 5.72. The van der Waals surface area contributed by atoms with Gasteiger partial charge in [-0.05, 0) is 5.56 Å². The van der Waals surface area contributed by atoms with Gasteiger partial charge in [0.25, 0.3) is 0 Å². The van der Waals surface area contributed by atoms with Gasteiger partial charge in [-0.1, -0.05) is 30.3 Å². The second-order valence-electron chi connectivity index (χ2n) is 4.62. The van der Waals surface area contributed by atoms with Gasteiger partial charge in [0.1, 0.15) is 0 Å². The van der Waals surface area contributed by atoms with Crippen molar-refractivity contribution in [3.05, 3.63) is 35.9 Å². The topological polar surface area (TPSA) is 57.6 Å². The van der Waals surface area contributed by atoms with Crippen LogP contribution in [-0.4, -0.2) is 40.7 Å². The van der Waals surface area contributed by atoms with E-state index < -0.39 is 11.9 Å². The smallest absolute Gasteiger partial charge is 0.308 e. The minimum Gasteiger partial charge on any atom is -0.481 e. The standard InChI is InChI=1S/C14H17NO3S/c16-13-8-12(14(17)18)9-15(13)6-7-19-10-11-4-2-1-3-5-11/h1-5,12H,6-10H2,(H,17,18). The summed E-state index contributed by atoms with van der Waals surface area (Å²) >= 11 is 1.76. The van der Waals surface area contributed by atoms with Crippen molar-refractivity contribution in [2.75, 3.05) is 18.8 Å². The average molecular weight is 279 g/mol. The van der Waals surface area contributed by atoms with Crippen LogP contribution in [0.25, 0.3) is 0 Å². The number of hydrogen-bond donors (Lipinski definition) is 1. The molecule has 0 spiro atoms. The van der Waals surface area contributed by atoms with Crippen molar-refractivity contribution in [2.24, 2.45) is 5.92 Å². The van der Waals surface area contributed by atoms with Gasteiger partial charge in [-0.25, -0.2) is 0 Å². The molecule has 2 rings (SSSR count). The van der Waals surface area contributed by atoms with E-state index in [1.807, 2.05) is 18.2 Å². The molecule has 1 fully saturated rings. The predicted octanol–water partition coefficient (Wildman–Crippen LogP) is 1.85. The van der Waals surface area contributed by atoms with Gasteiger partial charge in [0.05, 0.1) is 5.92 Å². The van der Waals surface area contributed by atoms with Crippen LogP contribution in [0.1, 0.15) is 12.0 Å². The second kappa shape index (κ2) is 6.61. The van der Waals surface area contributed by atoms with E-state index >= 15 is 0 Å². The third-order valence-corrected chi connectivity index (χ3v) is 4.19. The molecule has 1 aromatic carbocycles. The van der Waals surface area contributed by atoms with Crippen LogP contribution < -0.4 is 0 Å². The quantitative estimate of drug-likeness (QED) is 0.807. The van der Waals surface area contributed by atoms with E-state index in [0.29, 0.717) is 13.1 Å². The van der Waals surface area contributed by atoms with Crippen molar-refractivity contribution in [3.63, 3.8) is 0 Å². The molecule has 0 radical (unpaired) electrons. The van der Waals surface area contributed by atoms with Gasteiger partial charge < -0.3 is 10.0 Å². The molecule has 5 heteroatoms. The zero-order valence-electron chi connectivity index (χ0n) is 10.6. The van der Waals surface area contributed by atoms with Crippen molar-refractivity contribution in [1.29, 1.82) is 0 Å². The lowest BCUT2D eigenvalue weighted by Crippen LogP contribution is -2.28. The maximum Gasteiger partial charge on any atom is 0.308 e. The highest BCUT2D eigenvalue weighted by atomic mass is 32.2. The predicted molar refractivity (Wildman–Crippen MR) is 74.9 cm³/mol. The fraction of sp³-hybridized carbons (Fsp3) is 0.429. The summed E-state index contributed by atoms with van der Waals surface area (Å²) in [5.74, 6) is 0.338. The minimum absolute atomic E-state index is 0.0345. The van der Waals surface area contributed by atoms with Gasteiger partial charge >= 0.3 is 5.97 Å². The van der Waals surface area contributed by atoms with Gasteiger partial charge in [0, 0.05) is 31.0 Å². The molecule has 0 aromatic heterocycles. The maximum atomic E-state index is 11.6. The number of hydrogen-bond acceptors (Lipinski definition) is 3. The van der Waals surface area contributed by atoms with E-state index in [4.69, 9.17) is 5.11 Å². The van der Waals surface area contributed by atoms with E-state index in [2.05, 4.69) is 12.1 Å². The van der Waals surface area contributed by atoms with E-state index in [1.165, 1.54) is 5.56 Å². The zero-order valence-corrected chi connectivity index (χ0v) is 11.4. The molecule has 1 atom stereocenters. The molecule has 0 saturated carbocycles. The first-order chi connectivity index (χ1) is 9.16. The van der Waals surface area contributed by atoms with Crippen LogP contribution in [-0.2, 0) is 15.3 Å². The SMILES string of the molecule is O=C(O)C1CC(=O)N(CCSCc2ccccc2)C1. The molecular formula is C14H17NO3S. The third-order valence-electron chi connectivity index (χ3n) is 3.18. The van der Waals surface area contributed by atoms with Gasteiger partial charge in [-0.15, -0.1) is 0 Å². The summed E-state index contributed by atoms with van der Waals surface area (Å²) in [5.41, 5.74) is 1.27. The van der Waals surface area contributed by atoms with Crippen LogP contribution in [0.15, 0.2) is 30.3 Å². The number of carbonyl (C=O) groups excluding carboxylic acids is 1. The number of nitrogens with zero attached hydrogens (tertiary/aromatic N) is 1. The number of rotatable bonds is 6. The molecule has 1 heterocycles. The van der Waals surface area contributed by atoms with E-state index in [1.54, 1.807) is 16.7 Å². The molecular weight excluding hydrogens is 262 g/mol. The van der Waals surface area contributed by atoms with Gasteiger partial charge in [0.2, 0.25) is 5.91 Å². The largest absolute Gasteiger partial charge is 0.481 e. The molecule has 0 bridgehead atoms. The summed E-state index contributed by atoms with van der Waals surface area (Å²) in [7, 11) is 0. The number of benzene rings is 1. The molecule has 1 aliphatic heterocycles. The van der Waals surface area contributed by atoms with E-state index in [9.17, 15) is 9.59 Å². The first-order valence-electron chi connectivity index (χ1n) is 6.29. The fourth-order valence-electron chi connectivity index (χ4n) is 2.09. The highest BCUT2D eigenvalue weighted by Crippen LogP contribution is 2.19. The average Bonchev–Trinajstić information content (AvgIpc) is 2.78. The zero-order chi connectivity index (χ0) is 13.7. The fourth-order valence-corrected chi connectivity index (χ4v) is 3.01. The van der Waals surface area contributed by atoms with Crippen molar-refractivity contribution in [2.45, 2.75) is 12.2 Å². The Morgan fingerprint density at radius 2 is 2.11 bits per heavy atom. The maximum absolute atomic E-state index is 11.6. The minimum atomic E-state index is -0.868. The van der Waals surface area contributed by atoms with E-state index in [0.717, 1.165) is 11.5 Å². The number of carboxylic acid groups (broad SMARTS) is 1. The highest BCUT2D eigenvalue weighted by molar-refractivity contribution is 7.98. The number of thioether (sulfide) groups is 1. The number of carbonyl (C=O) groups is 2. The van der Waals surface area contributed by atoms with Crippen LogP contribution in [0.5, 0.6) is 0 Å². The number of likely N-dealkylation sites (tertiary alicyclic amines) is 1. The molecule has 1 unspecified atom stereocenters. The summed E-state index contributed by atoms with van der Waals surface area (Å²) in [4.78, 5) is 24.1. The Hall–Kier alpha value is -1.49. The first kappa shape index (κ1) is 13.9. The van der Waals surface area contributed by atoms with Gasteiger partial charge in [-0.3, -0.25) is 9.59 Å². The van der Waals surface area contributed by atoms with Gasteiger partial charge in [0.15, 0.2) is 0 Å². The summed E-state index contributed by atoms with van der Waals surface area (Å²) in [5, 5.41) is 8.88. The lowest BCUT2D eigenvalue weighted by Gasteiger charge is -2.15. The summed E-state index contributed by atoms with van der Waals surface area (Å²) in [6.45, 7) is 1.00. The first-order valence-corrected chi connectivity index (χ1v) is 7.44. The van der Waals surface area contributed by atoms with Crippen molar-refractivity contribution in [3.8, 4) is 0 Å².